The fourth-order valence-corrected chi connectivity index (χ4v) is 3.19. The molecule has 2 aromatic heterocycles. The van der Waals surface area contributed by atoms with Crippen molar-refractivity contribution in [1.82, 2.24) is 9.97 Å². The molecule has 1 fully saturated rings. The first kappa shape index (κ1) is 11.4. The molecule has 0 aromatic carbocycles. The average molecular weight is 263 g/mol. The largest absolute Gasteiger partial charge is 0.481 e. The van der Waals surface area contributed by atoms with E-state index in [2.05, 4.69) is 14.9 Å². The topological polar surface area (TPSA) is 66.3 Å². The Kier molecular flexibility index (Phi) is 2.87. The van der Waals surface area contributed by atoms with Gasteiger partial charge in [-0.2, -0.15) is 0 Å². The van der Waals surface area contributed by atoms with Crippen molar-refractivity contribution >= 4 is 33.3 Å². The van der Waals surface area contributed by atoms with Crippen LogP contribution in [0.4, 0.5) is 5.82 Å². The van der Waals surface area contributed by atoms with E-state index in [9.17, 15) is 4.79 Å². The third kappa shape index (κ3) is 2.03. The van der Waals surface area contributed by atoms with Crippen molar-refractivity contribution in [3.05, 3.63) is 17.8 Å². The molecule has 0 saturated carbocycles. The molecule has 0 bridgehead atoms. The number of hydrogen-bond donors (Lipinski definition) is 1. The number of nitrogens with zero attached hydrogens (tertiary/aromatic N) is 3. The normalized spacial score (nSPS) is 19.6. The van der Waals surface area contributed by atoms with Gasteiger partial charge in [-0.25, -0.2) is 9.97 Å². The molecule has 0 radical (unpaired) electrons. The zero-order valence-corrected chi connectivity index (χ0v) is 10.6. The Hall–Kier alpha value is -1.69. The van der Waals surface area contributed by atoms with Gasteiger partial charge in [-0.1, -0.05) is 0 Å². The van der Waals surface area contributed by atoms with E-state index in [0.717, 1.165) is 35.5 Å². The minimum Gasteiger partial charge on any atom is -0.481 e. The summed E-state index contributed by atoms with van der Waals surface area (Å²) in [4.78, 5) is 22.5. The highest BCUT2D eigenvalue weighted by Gasteiger charge is 2.26. The van der Waals surface area contributed by atoms with Gasteiger partial charge in [0.25, 0.3) is 0 Å². The number of thiophene rings is 1. The smallest absolute Gasteiger partial charge is 0.303 e. The molecule has 94 valence electrons. The highest BCUT2D eigenvalue weighted by atomic mass is 32.1. The molecule has 5 nitrogen and oxygen atoms in total. The van der Waals surface area contributed by atoms with Gasteiger partial charge in [0, 0.05) is 19.5 Å². The zero-order valence-electron chi connectivity index (χ0n) is 9.74. The number of rotatable bonds is 3. The summed E-state index contributed by atoms with van der Waals surface area (Å²) in [5.74, 6) is 0.450. The number of carboxylic acids is 1. The zero-order chi connectivity index (χ0) is 12.5. The van der Waals surface area contributed by atoms with Crippen molar-refractivity contribution in [2.75, 3.05) is 18.0 Å². The van der Waals surface area contributed by atoms with Gasteiger partial charge >= 0.3 is 5.97 Å². The van der Waals surface area contributed by atoms with Gasteiger partial charge in [-0.15, -0.1) is 11.3 Å². The van der Waals surface area contributed by atoms with Crippen LogP contribution in [-0.4, -0.2) is 34.1 Å². The quantitative estimate of drug-likeness (QED) is 0.917. The summed E-state index contributed by atoms with van der Waals surface area (Å²) in [6.45, 7) is 1.65. The summed E-state index contributed by atoms with van der Waals surface area (Å²) in [7, 11) is 0. The number of fused-ring (bicyclic) bond motifs is 1. The van der Waals surface area contributed by atoms with E-state index in [-0.39, 0.29) is 12.3 Å². The molecule has 6 heteroatoms. The molecule has 0 aliphatic carbocycles. The van der Waals surface area contributed by atoms with Crippen LogP contribution < -0.4 is 4.90 Å². The molecule has 2 aromatic rings. The van der Waals surface area contributed by atoms with E-state index in [1.165, 1.54) is 0 Å². The van der Waals surface area contributed by atoms with E-state index in [1.54, 1.807) is 17.7 Å². The van der Waals surface area contributed by atoms with Gasteiger partial charge in [-0.3, -0.25) is 4.79 Å². The minimum atomic E-state index is -0.717. The van der Waals surface area contributed by atoms with Gasteiger partial charge < -0.3 is 10.0 Å². The highest BCUT2D eigenvalue weighted by Crippen LogP contribution is 2.31. The van der Waals surface area contributed by atoms with Crippen LogP contribution in [0.2, 0.25) is 0 Å². The maximum Gasteiger partial charge on any atom is 0.303 e. The standard InChI is InChI=1S/C12H13N3O2S/c16-10(17)5-8-1-3-15(6-8)11-9-2-4-18-12(9)14-7-13-11/h2,4,7-8H,1,3,5-6H2,(H,16,17). The molecule has 0 spiro atoms. The summed E-state index contributed by atoms with van der Waals surface area (Å²) < 4.78 is 0. The van der Waals surface area contributed by atoms with Crippen molar-refractivity contribution in [2.24, 2.45) is 5.92 Å². The first-order chi connectivity index (χ1) is 8.74. The number of hydrogen-bond acceptors (Lipinski definition) is 5. The Morgan fingerprint density at radius 1 is 1.56 bits per heavy atom. The summed E-state index contributed by atoms with van der Waals surface area (Å²) in [5, 5.41) is 11.9. The van der Waals surface area contributed by atoms with E-state index in [0.29, 0.717) is 0 Å². The first-order valence-corrected chi connectivity index (χ1v) is 6.77. The van der Waals surface area contributed by atoms with Crippen LogP contribution in [0.5, 0.6) is 0 Å². The lowest BCUT2D eigenvalue weighted by Crippen LogP contribution is -2.21. The second-order valence-corrected chi connectivity index (χ2v) is 5.43. The van der Waals surface area contributed by atoms with E-state index in [4.69, 9.17) is 5.11 Å². The molecule has 1 N–H and O–H groups in total. The fraction of sp³-hybridized carbons (Fsp3) is 0.417. The van der Waals surface area contributed by atoms with Gasteiger partial charge in [-0.05, 0) is 23.8 Å². The number of anilines is 1. The number of aromatic nitrogens is 2. The Balaban J connectivity index is 1.84. The van der Waals surface area contributed by atoms with Crippen LogP contribution in [-0.2, 0) is 4.79 Å². The molecule has 3 heterocycles. The van der Waals surface area contributed by atoms with E-state index < -0.39 is 5.97 Å². The van der Waals surface area contributed by atoms with Crippen molar-refractivity contribution in [3.8, 4) is 0 Å². The van der Waals surface area contributed by atoms with Crippen LogP contribution >= 0.6 is 11.3 Å². The van der Waals surface area contributed by atoms with Gasteiger partial charge in [0.05, 0.1) is 5.39 Å². The maximum atomic E-state index is 10.7. The summed E-state index contributed by atoms with van der Waals surface area (Å²) >= 11 is 1.60. The van der Waals surface area contributed by atoms with Crippen LogP contribution in [0.3, 0.4) is 0 Å². The number of carboxylic acid groups (broad SMARTS) is 1. The Morgan fingerprint density at radius 3 is 3.28 bits per heavy atom. The Morgan fingerprint density at radius 2 is 2.44 bits per heavy atom. The van der Waals surface area contributed by atoms with Crippen molar-refractivity contribution < 1.29 is 9.90 Å². The SMILES string of the molecule is O=C(O)CC1CCN(c2ncnc3sccc23)C1. The lowest BCUT2D eigenvalue weighted by atomic mass is 10.1. The predicted octanol–water partition coefficient (Wildman–Crippen LogP) is 1.99. The molecule has 1 unspecified atom stereocenters. The molecular formula is C12H13N3O2S. The molecule has 1 atom stereocenters. The molecule has 0 amide bonds. The summed E-state index contributed by atoms with van der Waals surface area (Å²) in [5.41, 5.74) is 0. The third-order valence-electron chi connectivity index (χ3n) is 3.29. The van der Waals surface area contributed by atoms with Crippen molar-refractivity contribution in [2.45, 2.75) is 12.8 Å². The van der Waals surface area contributed by atoms with Crippen molar-refractivity contribution in [1.29, 1.82) is 0 Å². The Bertz CT molecular complexity index is 583. The third-order valence-corrected chi connectivity index (χ3v) is 4.11. The minimum absolute atomic E-state index is 0.228. The molecule has 1 aliphatic heterocycles. The van der Waals surface area contributed by atoms with Gasteiger partial charge in [0.15, 0.2) is 0 Å². The van der Waals surface area contributed by atoms with Gasteiger partial charge in [0.2, 0.25) is 0 Å². The molecule has 3 rings (SSSR count). The predicted molar refractivity (Wildman–Crippen MR) is 70.0 cm³/mol. The summed E-state index contributed by atoms with van der Waals surface area (Å²) in [6, 6.07) is 2.03. The number of aliphatic carboxylic acids is 1. The lowest BCUT2D eigenvalue weighted by Gasteiger charge is -2.17. The second kappa shape index (κ2) is 4.53. The average Bonchev–Trinajstić information content (AvgIpc) is 2.95. The molecule has 1 saturated heterocycles. The number of carbonyl (C=O) groups is 1. The molecular weight excluding hydrogens is 250 g/mol. The van der Waals surface area contributed by atoms with Crippen LogP contribution in [0.25, 0.3) is 10.2 Å². The maximum absolute atomic E-state index is 10.7. The highest BCUT2D eigenvalue weighted by molar-refractivity contribution is 7.16. The molecule has 18 heavy (non-hydrogen) atoms. The first-order valence-electron chi connectivity index (χ1n) is 5.89. The second-order valence-electron chi connectivity index (χ2n) is 4.54. The van der Waals surface area contributed by atoms with Gasteiger partial charge in [0.1, 0.15) is 17.0 Å². The fourth-order valence-electron chi connectivity index (χ4n) is 2.47. The van der Waals surface area contributed by atoms with Crippen LogP contribution in [0, 0.1) is 5.92 Å². The van der Waals surface area contributed by atoms with Crippen molar-refractivity contribution in [3.63, 3.8) is 0 Å². The van der Waals surface area contributed by atoms with Crippen LogP contribution in [0.15, 0.2) is 17.8 Å². The Labute approximate surface area is 108 Å². The van der Waals surface area contributed by atoms with Crippen LogP contribution in [0.1, 0.15) is 12.8 Å². The molecule has 1 aliphatic rings. The van der Waals surface area contributed by atoms with E-state index >= 15 is 0 Å². The summed E-state index contributed by atoms with van der Waals surface area (Å²) in [6.07, 6.45) is 2.75. The van der Waals surface area contributed by atoms with E-state index in [1.807, 2.05) is 11.4 Å². The lowest BCUT2D eigenvalue weighted by molar-refractivity contribution is -0.137. The monoisotopic (exact) mass is 263 g/mol.